The molecule has 4 aromatic carbocycles. The maximum atomic E-state index is 11.0. The molecule has 156 valence electrons. The van der Waals surface area contributed by atoms with Gasteiger partial charge in [-0.1, -0.05) is 60.7 Å². The molecule has 0 unspecified atom stereocenters. The molecule has 0 bridgehead atoms. The van der Waals surface area contributed by atoms with E-state index in [-0.39, 0.29) is 5.69 Å². The average molecular weight is 485 g/mol. The fourth-order valence-corrected chi connectivity index (χ4v) is 3.94. The highest BCUT2D eigenvalue weighted by molar-refractivity contribution is 9.10. The molecule has 0 saturated heterocycles. The molecule has 0 aromatic heterocycles. The van der Waals surface area contributed by atoms with E-state index in [1.165, 1.54) is 17.5 Å². The van der Waals surface area contributed by atoms with E-state index >= 15 is 0 Å². The van der Waals surface area contributed by atoms with Gasteiger partial charge in [-0.2, -0.15) is 5.26 Å². The lowest BCUT2D eigenvalue weighted by Crippen LogP contribution is -1.97. The summed E-state index contributed by atoms with van der Waals surface area (Å²) in [5.74, 6) is 0.684. The fourth-order valence-electron chi connectivity index (χ4n) is 3.43. The summed E-state index contributed by atoms with van der Waals surface area (Å²) in [5.41, 5.74) is 2.65. The van der Waals surface area contributed by atoms with Crippen molar-refractivity contribution in [3.8, 4) is 11.8 Å². The van der Waals surface area contributed by atoms with Gasteiger partial charge in [0.1, 0.15) is 12.4 Å². The number of allylic oxidation sites excluding steroid dienone is 1. The Morgan fingerprint density at radius 2 is 1.81 bits per heavy atom. The van der Waals surface area contributed by atoms with Crippen molar-refractivity contribution in [2.75, 3.05) is 0 Å². The van der Waals surface area contributed by atoms with Crippen molar-refractivity contribution in [3.05, 3.63) is 116 Å². The van der Waals surface area contributed by atoms with Gasteiger partial charge in [0.25, 0.3) is 5.69 Å². The predicted octanol–water partition coefficient (Wildman–Crippen LogP) is 7.15. The fraction of sp³-hybridized carbons (Fsp3) is 0.0385. The first-order valence-corrected chi connectivity index (χ1v) is 10.6. The lowest BCUT2D eigenvalue weighted by molar-refractivity contribution is -0.384. The lowest BCUT2D eigenvalue weighted by atomic mass is 10.0. The summed E-state index contributed by atoms with van der Waals surface area (Å²) in [4.78, 5) is 10.5. The zero-order valence-corrected chi connectivity index (χ0v) is 18.5. The maximum Gasteiger partial charge on any atom is 0.270 e. The van der Waals surface area contributed by atoms with E-state index in [1.807, 2.05) is 42.5 Å². The first-order chi connectivity index (χ1) is 15.5. The molecule has 0 fully saturated rings. The molecule has 0 aliphatic carbocycles. The van der Waals surface area contributed by atoms with Crippen molar-refractivity contribution in [2.45, 2.75) is 6.61 Å². The van der Waals surface area contributed by atoms with Gasteiger partial charge in [0.2, 0.25) is 0 Å². The highest BCUT2D eigenvalue weighted by Crippen LogP contribution is 2.30. The first-order valence-electron chi connectivity index (χ1n) is 9.81. The predicted molar refractivity (Wildman–Crippen MR) is 129 cm³/mol. The van der Waals surface area contributed by atoms with Crippen LogP contribution in [0.2, 0.25) is 0 Å². The summed E-state index contributed by atoms with van der Waals surface area (Å²) in [6.07, 6.45) is 1.69. The molecular weight excluding hydrogens is 468 g/mol. The second kappa shape index (κ2) is 9.46. The number of ether oxygens (including phenoxy) is 1. The molecular formula is C26H17BrN2O3. The zero-order chi connectivity index (χ0) is 22.5. The number of benzene rings is 4. The van der Waals surface area contributed by atoms with E-state index in [9.17, 15) is 15.4 Å². The molecule has 4 aromatic rings. The van der Waals surface area contributed by atoms with E-state index in [4.69, 9.17) is 4.74 Å². The largest absolute Gasteiger partial charge is 0.488 e. The van der Waals surface area contributed by atoms with E-state index in [0.29, 0.717) is 23.5 Å². The third-order valence-corrected chi connectivity index (χ3v) is 5.64. The molecule has 0 radical (unpaired) electrons. The van der Waals surface area contributed by atoms with Crippen LogP contribution in [0.15, 0.2) is 89.4 Å². The third-order valence-electron chi connectivity index (χ3n) is 5.02. The molecule has 0 N–H and O–H groups in total. The monoisotopic (exact) mass is 484 g/mol. The number of nitrogens with zero attached hydrogens (tertiary/aromatic N) is 2. The summed E-state index contributed by atoms with van der Waals surface area (Å²) in [7, 11) is 0. The number of hydrogen-bond donors (Lipinski definition) is 0. The van der Waals surface area contributed by atoms with E-state index in [1.54, 1.807) is 18.2 Å². The molecule has 6 heteroatoms. The number of nitro benzene ring substituents is 1. The highest BCUT2D eigenvalue weighted by Gasteiger charge is 2.10. The highest BCUT2D eigenvalue weighted by atomic mass is 79.9. The first kappa shape index (κ1) is 21.3. The van der Waals surface area contributed by atoms with Gasteiger partial charge in [0, 0.05) is 12.1 Å². The average Bonchev–Trinajstić information content (AvgIpc) is 2.82. The van der Waals surface area contributed by atoms with Crippen LogP contribution in [0, 0.1) is 21.4 Å². The number of rotatable bonds is 6. The number of non-ortho nitro benzene ring substituents is 1. The van der Waals surface area contributed by atoms with Gasteiger partial charge < -0.3 is 4.74 Å². The van der Waals surface area contributed by atoms with Crippen LogP contribution in [-0.4, -0.2) is 4.92 Å². The van der Waals surface area contributed by atoms with Gasteiger partial charge in [-0.3, -0.25) is 10.1 Å². The van der Waals surface area contributed by atoms with Crippen molar-refractivity contribution in [3.63, 3.8) is 0 Å². The van der Waals surface area contributed by atoms with Crippen LogP contribution in [0.3, 0.4) is 0 Å². The molecule has 0 amide bonds. The van der Waals surface area contributed by atoms with Gasteiger partial charge in [0.05, 0.1) is 21.0 Å². The Labute approximate surface area is 193 Å². The standard InChI is InChI=1S/C26H17BrN2O3/c27-25-14-18(13-22(16-28)20-7-4-9-23(15-20)29(30)31)11-12-26(25)32-17-21-8-3-6-19-5-1-2-10-24(19)21/h1-15H,17H2. The minimum Gasteiger partial charge on any atom is -0.488 e. The number of fused-ring (bicyclic) bond motifs is 1. The molecule has 5 nitrogen and oxygen atoms in total. The van der Waals surface area contributed by atoms with Crippen molar-refractivity contribution < 1.29 is 9.66 Å². The summed E-state index contributed by atoms with van der Waals surface area (Å²) in [6, 6.07) is 28.0. The van der Waals surface area contributed by atoms with Gasteiger partial charge in [0.15, 0.2) is 0 Å². The van der Waals surface area contributed by atoms with Crippen molar-refractivity contribution in [1.82, 2.24) is 0 Å². The van der Waals surface area contributed by atoms with Crippen molar-refractivity contribution in [1.29, 1.82) is 5.26 Å². The maximum absolute atomic E-state index is 11.0. The smallest absolute Gasteiger partial charge is 0.270 e. The van der Waals surface area contributed by atoms with E-state index in [2.05, 4.69) is 40.2 Å². The van der Waals surface area contributed by atoms with Crippen LogP contribution in [-0.2, 0) is 6.61 Å². The number of halogens is 1. The van der Waals surface area contributed by atoms with Gasteiger partial charge in [-0.15, -0.1) is 0 Å². The van der Waals surface area contributed by atoms with Crippen LogP contribution >= 0.6 is 15.9 Å². The minimum absolute atomic E-state index is 0.0537. The van der Waals surface area contributed by atoms with Crippen molar-refractivity contribution in [2.24, 2.45) is 0 Å². The van der Waals surface area contributed by atoms with Gasteiger partial charge in [-0.05, 0) is 61.6 Å². The van der Waals surface area contributed by atoms with Gasteiger partial charge in [-0.25, -0.2) is 0 Å². The number of hydrogen-bond acceptors (Lipinski definition) is 4. The molecule has 0 saturated carbocycles. The molecule has 4 rings (SSSR count). The SMILES string of the molecule is N#CC(=Cc1ccc(OCc2cccc3ccccc23)c(Br)c1)c1cccc([N+](=O)[O-])c1. The van der Waals surface area contributed by atoms with Crippen LogP contribution < -0.4 is 4.74 Å². The zero-order valence-electron chi connectivity index (χ0n) is 16.9. The number of nitro groups is 1. The summed E-state index contributed by atoms with van der Waals surface area (Å²) >= 11 is 3.54. The van der Waals surface area contributed by atoms with Crippen LogP contribution in [0.5, 0.6) is 5.75 Å². The Hall–Kier alpha value is -3.95. The summed E-state index contributed by atoms with van der Waals surface area (Å²) in [6.45, 7) is 0.423. The summed E-state index contributed by atoms with van der Waals surface area (Å²) in [5, 5.41) is 22.9. The Morgan fingerprint density at radius 1 is 1.03 bits per heavy atom. The molecule has 0 spiro atoms. The molecule has 0 heterocycles. The molecule has 0 atom stereocenters. The summed E-state index contributed by atoms with van der Waals surface area (Å²) < 4.78 is 6.79. The lowest BCUT2D eigenvalue weighted by Gasteiger charge is -2.11. The van der Waals surface area contributed by atoms with Gasteiger partial charge >= 0.3 is 0 Å². The van der Waals surface area contributed by atoms with Crippen LogP contribution in [0.25, 0.3) is 22.4 Å². The second-order valence-electron chi connectivity index (χ2n) is 7.09. The molecule has 0 aliphatic heterocycles. The van der Waals surface area contributed by atoms with Crippen molar-refractivity contribution >= 4 is 44.0 Å². The second-order valence-corrected chi connectivity index (χ2v) is 7.95. The Morgan fingerprint density at radius 3 is 2.59 bits per heavy atom. The Kier molecular flexibility index (Phi) is 6.29. The molecule has 0 aliphatic rings. The Bertz CT molecular complexity index is 1380. The van der Waals surface area contributed by atoms with E-state index < -0.39 is 4.92 Å². The van der Waals surface area contributed by atoms with Crippen LogP contribution in [0.4, 0.5) is 5.69 Å². The molecule has 32 heavy (non-hydrogen) atoms. The number of nitriles is 1. The third kappa shape index (κ3) is 4.69. The Balaban J connectivity index is 1.56. The quantitative estimate of drug-likeness (QED) is 0.126. The topological polar surface area (TPSA) is 76.2 Å². The van der Waals surface area contributed by atoms with E-state index in [0.717, 1.165) is 21.0 Å². The minimum atomic E-state index is -0.475. The normalized spacial score (nSPS) is 11.2. The van der Waals surface area contributed by atoms with Crippen LogP contribution in [0.1, 0.15) is 16.7 Å².